The molecule has 1 aromatic carbocycles. The number of hydrogen-bond donors (Lipinski definition) is 1. The Morgan fingerprint density at radius 1 is 1.09 bits per heavy atom. The predicted molar refractivity (Wildman–Crippen MR) is 75.2 cm³/mol. The highest BCUT2D eigenvalue weighted by Gasteiger charge is 2.38. The van der Waals surface area contributed by atoms with Crippen molar-refractivity contribution in [3.63, 3.8) is 0 Å². The summed E-state index contributed by atoms with van der Waals surface area (Å²) in [5.74, 6) is -3.01. The van der Waals surface area contributed by atoms with Crippen molar-refractivity contribution in [3.05, 3.63) is 57.3 Å². The lowest BCUT2D eigenvalue weighted by Crippen LogP contribution is -2.32. The van der Waals surface area contributed by atoms with Gasteiger partial charge in [0, 0.05) is 5.38 Å². The standard InChI is InChI=1S/C14H8N2O5S/c15-11(17)7-5-10(22-6-7)14(20)21-16-12(18)8-3-1-2-4-9(8)13(16)19/h1-6H,(H2,15,17). The summed E-state index contributed by atoms with van der Waals surface area (Å²) in [6.07, 6.45) is 0. The lowest BCUT2D eigenvalue weighted by molar-refractivity contribution is -0.0581. The average Bonchev–Trinajstić information content (AvgIpc) is 3.08. The summed E-state index contributed by atoms with van der Waals surface area (Å²) < 4.78 is 0. The summed E-state index contributed by atoms with van der Waals surface area (Å²) in [6.45, 7) is 0. The number of thiophene rings is 1. The fourth-order valence-electron chi connectivity index (χ4n) is 1.95. The van der Waals surface area contributed by atoms with Crippen molar-refractivity contribution in [2.45, 2.75) is 0 Å². The molecule has 0 radical (unpaired) electrons. The second-order valence-electron chi connectivity index (χ2n) is 4.39. The smallest absolute Gasteiger partial charge is 0.366 e. The van der Waals surface area contributed by atoms with Gasteiger partial charge < -0.3 is 10.6 Å². The zero-order valence-electron chi connectivity index (χ0n) is 10.9. The lowest BCUT2D eigenvalue weighted by atomic mass is 10.1. The molecule has 1 aromatic heterocycles. The Bertz CT molecular complexity index is 791. The van der Waals surface area contributed by atoms with Crippen molar-refractivity contribution >= 4 is 35.0 Å². The Labute approximate surface area is 127 Å². The number of rotatable bonds is 3. The summed E-state index contributed by atoms with van der Waals surface area (Å²) in [7, 11) is 0. The van der Waals surface area contributed by atoms with Gasteiger partial charge in [-0.05, 0) is 18.2 Å². The molecule has 2 N–H and O–H groups in total. The van der Waals surface area contributed by atoms with E-state index in [0.29, 0.717) is 5.06 Å². The van der Waals surface area contributed by atoms with Crippen molar-refractivity contribution in [2.75, 3.05) is 0 Å². The second kappa shape index (κ2) is 5.08. The van der Waals surface area contributed by atoms with Crippen LogP contribution >= 0.6 is 11.3 Å². The van der Waals surface area contributed by atoms with Gasteiger partial charge in [0.25, 0.3) is 11.8 Å². The van der Waals surface area contributed by atoms with E-state index in [-0.39, 0.29) is 21.6 Å². The van der Waals surface area contributed by atoms with Crippen LogP contribution in [0.25, 0.3) is 0 Å². The zero-order valence-corrected chi connectivity index (χ0v) is 11.8. The third-order valence-electron chi connectivity index (χ3n) is 3.02. The van der Waals surface area contributed by atoms with Gasteiger partial charge in [-0.15, -0.1) is 11.3 Å². The molecule has 0 atom stereocenters. The molecule has 0 unspecified atom stereocenters. The Kier molecular flexibility index (Phi) is 3.22. The molecule has 2 aromatic rings. The van der Waals surface area contributed by atoms with E-state index in [0.717, 1.165) is 11.3 Å². The number of carbonyl (C=O) groups excluding carboxylic acids is 4. The molecule has 0 saturated heterocycles. The third kappa shape index (κ3) is 2.15. The molecule has 0 aliphatic carbocycles. The van der Waals surface area contributed by atoms with E-state index < -0.39 is 23.7 Å². The third-order valence-corrected chi connectivity index (χ3v) is 3.93. The molecular weight excluding hydrogens is 308 g/mol. The molecule has 3 rings (SSSR count). The SMILES string of the molecule is NC(=O)c1csc(C(=O)ON2C(=O)c3ccccc3C2=O)c1. The minimum absolute atomic E-state index is 0.0605. The van der Waals surface area contributed by atoms with Crippen LogP contribution in [0.3, 0.4) is 0 Å². The highest BCUT2D eigenvalue weighted by molar-refractivity contribution is 7.12. The fourth-order valence-corrected chi connectivity index (χ4v) is 2.72. The van der Waals surface area contributed by atoms with E-state index >= 15 is 0 Å². The molecule has 0 spiro atoms. The zero-order chi connectivity index (χ0) is 15.9. The average molecular weight is 316 g/mol. The van der Waals surface area contributed by atoms with Gasteiger partial charge in [0.15, 0.2) is 0 Å². The minimum atomic E-state index is -0.910. The number of amides is 3. The Morgan fingerprint density at radius 2 is 1.68 bits per heavy atom. The van der Waals surface area contributed by atoms with E-state index in [1.54, 1.807) is 12.1 Å². The van der Waals surface area contributed by atoms with Crippen LogP contribution in [0, 0.1) is 0 Å². The van der Waals surface area contributed by atoms with E-state index in [4.69, 9.17) is 10.6 Å². The minimum Gasteiger partial charge on any atom is -0.366 e. The molecule has 2 heterocycles. The number of benzene rings is 1. The van der Waals surface area contributed by atoms with Crippen LogP contribution < -0.4 is 5.73 Å². The van der Waals surface area contributed by atoms with Gasteiger partial charge in [0.2, 0.25) is 5.91 Å². The summed E-state index contributed by atoms with van der Waals surface area (Å²) in [5, 5.41) is 1.80. The number of nitrogens with zero attached hydrogens (tertiary/aromatic N) is 1. The van der Waals surface area contributed by atoms with Gasteiger partial charge in [-0.25, -0.2) is 4.79 Å². The molecule has 110 valence electrons. The van der Waals surface area contributed by atoms with E-state index in [9.17, 15) is 19.2 Å². The Hall–Kier alpha value is -3.00. The molecular formula is C14H8N2O5S. The van der Waals surface area contributed by atoms with Crippen LogP contribution in [0.15, 0.2) is 35.7 Å². The van der Waals surface area contributed by atoms with Crippen LogP contribution in [0.1, 0.15) is 40.7 Å². The fraction of sp³-hybridized carbons (Fsp3) is 0. The Morgan fingerprint density at radius 3 is 2.18 bits per heavy atom. The van der Waals surface area contributed by atoms with Crippen LogP contribution in [0.5, 0.6) is 0 Å². The normalized spacial score (nSPS) is 13.2. The molecule has 22 heavy (non-hydrogen) atoms. The summed E-state index contributed by atoms with van der Waals surface area (Å²) in [4.78, 5) is 52.0. The summed E-state index contributed by atoms with van der Waals surface area (Å²) in [6, 6.07) is 7.40. The molecule has 3 amide bonds. The van der Waals surface area contributed by atoms with Crippen LogP contribution in [0.2, 0.25) is 0 Å². The molecule has 0 fully saturated rings. The molecule has 1 aliphatic rings. The lowest BCUT2D eigenvalue weighted by Gasteiger charge is -2.11. The quantitative estimate of drug-likeness (QED) is 0.857. The van der Waals surface area contributed by atoms with Crippen LogP contribution in [-0.2, 0) is 4.84 Å². The first kappa shape index (κ1) is 14.0. The van der Waals surface area contributed by atoms with E-state index in [1.807, 2.05) is 0 Å². The van der Waals surface area contributed by atoms with Gasteiger partial charge in [0.1, 0.15) is 4.88 Å². The van der Waals surface area contributed by atoms with Crippen molar-refractivity contribution < 1.29 is 24.0 Å². The van der Waals surface area contributed by atoms with Crippen molar-refractivity contribution in [1.82, 2.24) is 5.06 Å². The van der Waals surface area contributed by atoms with Crippen molar-refractivity contribution in [2.24, 2.45) is 5.73 Å². The maximum Gasteiger partial charge on any atom is 0.373 e. The number of carbonyl (C=O) groups is 4. The monoisotopic (exact) mass is 316 g/mol. The number of nitrogens with two attached hydrogens (primary N) is 1. The molecule has 7 nitrogen and oxygen atoms in total. The summed E-state index contributed by atoms with van der Waals surface area (Å²) in [5.41, 5.74) is 5.58. The van der Waals surface area contributed by atoms with E-state index in [2.05, 4.69) is 0 Å². The van der Waals surface area contributed by atoms with Gasteiger partial charge in [-0.1, -0.05) is 17.2 Å². The highest BCUT2D eigenvalue weighted by atomic mass is 32.1. The van der Waals surface area contributed by atoms with Gasteiger partial charge in [-0.2, -0.15) is 0 Å². The largest absolute Gasteiger partial charge is 0.373 e. The van der Waals surface area contributed by atoms with Crippen LogP contribution in [-0.4, -0.2) is 28.8 Å². The van der Waals surface area contributed by atoms with Gasteiger partial charge in [-0.3, -0.25) is 14.4 Å². The van der Waals surface area contributed by atoms with Crippen molar-refractivity contribution in [1.29, 1.82) is 0 Å². The number of hydroxylamine groups is 2. The molecule has 0 bridgehead atoms. The molecule has 0 saturated carbocycles. The first-order valence-electron chi connectivity index (χ1n) is 6.07. The van der Waals surface area contributed by atoms with E-state index in [1.165, 1.54) is 23.6 Å². The number of primary amides is 1. The number of hydrogen-bond acceptors (Lipinski definition) is 6. The van der Waals surface area contributed by atoms with Crippen molar-refractivity contribution in [3.8, 4) is 0 Å². The first-order valence-corrected chi connectivity index (χ1v) is 6.95. The molecule has 8 heteroatoms. The highest BCUT2D eigenvalue weighted by Crippen LogP contribution is 2.24. The predicted octanol–water partition coefficient (Wildman–Crippen LogP) is 1.22. The number of imide groups is 1. The Balaban J connectivity index is 1.82. The maximum atomic E-state index is 12.0. The first-order chi connectivity index (χ1) is 10.5. The second-order valence-corrected chi connectivity index (χ2v) is 5.30. The van der Waals surface area contributed by atoms with Gasteiger partial charge >= 0.3 is 5.97 Å². The van der Waals surface area contributed by atoms with Gasteiger partial charge in [0.05, 0.1) is 16.7 Å². The summed E-state index contributed by atoms with van der Waals surface area (Å²) >= 11 is 0.931. The number of fused-ring (bicyclic) bond motifs is 1. The topological polar surface area (TPSA) is 107 Å². The van der Waals surface area contributed by atoms with Crippen LogP contribution in [0.4, 0.5) is 0 Å². The molecule has 1 aliphatic heterocycles. The maximum absolute atomic E-state index is 12.0.